The molecule has 0 radical (unpaired) electrons. The van der Waals surface area contributed by atoms with Crippen molar-refractivity contribution in [2.75, 3.05) is 19.4 Å². The molecule has 27 heavy (non-hydrogen) atoms. The minimum absolute atomic E-state index is 0.560. The Hall–Kier alpha value is -2.10. The van der Waals surface area contributed by atoms with Crippen LogP contribution in [0.2, 0.25) is 0 Å². The summed E-state index contributed by atoms with van der Waals surface area (Å²) in [7, 11) is 3.52. The molecule has 1 aromatic carbocycles. The Morgan fingerprint density at radius 2 is 2.19 bits per heavy atom. The minimum atomic E-state index is 0.560. The van der Waals surface area contributed by atoms with Crippen molar-refractivity contribution in [1.82, 2.24) is 25.5 Å². The van der Waals surface area contributed by atoms with Crippen LogP contribution in [0.15, 0.2) is 40.9 Å². The molecule has 0 bridgehead atoms. The van der Waals surface area contributed by atoms with E-state index in [4.69, 9.17) is 9.47 Å². The lowest BCUT2D eigenvalue weighted by Crippen LogP contribution is -2.15. The molecule has 3 rings (SSSR count). The van der Waals surface area contributed by atoms with E-state index < -0.39 is 0 Å². The number of ether oxygens (including phenoxy) is 2. The number of aromatic nitrogens is 4. The maximum Gasteiger partial charge on any atom is 0.209 e. The van der Waals surface area contributed by atoms with Gasteiger partial charge in [0.05, 0.1) is 7.11 Å². The highest BCUT2D eigenvalue weighted by atomic mass is 32.2. The van der Waals surface area contributed by atoms with Crippen LogP contribution in [0.4, 0.5) is 0 Å². The first-order chi connectivity index (χ1) is 13.3. The Morgan fingerprint density at radius 3 is 2.93 bits per heavy atom. The zero-order chi connectivity index (χ0) is 18.9. The summed E-state index contributed by atoms with van der Waals surface area (Å²) in [6.07, 6.45) is 1.04. The molecule has 0 aliphatic rings. The molecule has 7 nitrogen and oxygen atoms in total. The molecule has 0 amide bonds. The second kappa shape index (κ2) is 10.3. The second-order valence-electron chi connectivity index (χ2n) is 5.82. The van der Waals surface area contributed by atoms with Crippen LogP contribution < -0.4 is 14.8 Å². The average molecular weight is 406 g/mol. The highest BCUT2D eigenvalue weighted by Gasteiger charge is 2.07. The molecule has 0 unspecified atom stereocenters. The summed E-state index contributed by atoms with van der Waals surface area (Å²) in [5.41, 5.74) is 1.17. The van der Waals surface area contributed by atoms with Gasteiger partial charge in [-0.25, -0.2) is 4.68 Å². The molecule has 144 valence electrons. The van der Waals surface area contributed by atoms with Crippen LogP contribution in [0.3, 0.4) is 0 Å². The third-order valence-corrected chi connectivity index (χ3v) is 5.76. The van der Waals surface area contributed by atoms with Crippen LogP contribution in [0.25, 0.3) is 0 Å². The van der Waals surface area contributed by atoms with E-state index in [9.17, 15) is 0 Å². The molecular weight excluding hydrogens is 382 g/mol. The van der Waals surface area contributed by atoms with Gasteiger partial charge < -0.3 is 14.8 Å². The SMILES string of the molecule is COc1cc(CNCCCSc2nnnn2C)ccc1OCc1cccs1. The van der Waals surface area contributed by atoms with E-state index in [1.54, 1.807) is 34.9 Å². The lowest BCUT2D eigenvalue weighted by Gasteiger charge is -2.12. The van der Waals surface area contributed by atoms with E-state index in [1.165, 1.54) is 10.4 Å². The van der Waals surface area contributed by atoms with Crippen LogP contribution in [0, 0.1) is 0 Å². The number of nitrogens with zero attached hydrogens (tertiary/aromatic N) is 4. The van der Waals surface area contributed by atoms with Crippen molar-refractivity contribution in [3.05, 3.63) is 46.2 Å². The fourth-order valence-corrected chi connectivity index (χ4v) is 3.83. The number of methoxy groups -OCH3 is 1. The molecule has 0 aliphatic carbocycles. The van der Waals surface area contributed by atoms with Crippen molar-refractivity contribution in [1.29, 1.82) is 0 Å². The number of hydrogen-bond acceptors (Lipinski definition) is 8. The molecular formula is C18H23N5O2S2. The quantitative estimate of drug-likeness (QED) is 0.388. The summed E-state index contributed by atoms with van der Waals surface area (Å²) in [5, 5.41) is 17.8. The molecule has 0 fully saturated rings. The van der Waals surface area contributed by atoms with E-state index >= 15 is 0 Å². The average Bonchev–Trinajstić information content (AvgIpc) is 3.35. The van der Waals surface area contributed by atoms with Crippen molar-refractivity contribution in [3.8, 4) is 11.5 Å². The molecule has 9 heteroatoms. The third-order valence-electron chi connectivity index (χ3n) is 3.82. The molecule has 0 saturated carbocycles. The van der Waals surface area contributed by atoms with Crippen LogP contribution >= 0.6 is 23.1 Å². The molecule has 2 aromatic heterocycles. The molecule has 1 N–H and O–H groups in total. The molecule has 0 aliphatic heterocycles. The monoisotopic (exact) mass is 405 g/mol. The standard InChI is InChI=1S/C18H23N5O2S2/c1-23-18(20-21-22-23)27-10-4-8-19-12-14-6-7-16(17(11-14)24-2)25-13-15-5-3-9-26-15/h3,5-7,9,11,19H,4,8,10,12-13H2,1-2H3. The Bertz CT molecular complexity index is 823. The minimum Gasteiger partial charge on any atom is -0.493 e. The van der Waals surface area contributed by atoms with Gasteiger partial charge in [0.15, 0.2) is 11.5 Å². The van der Waals surface area contributed by atoms with Crippen LogP contribution in [0.1, 0.15) is 16.9 Å². The van der Waals surface area contributed by atoms with Crippen molar-refractivity contribution in [2.45, 2.75) is 24.7 Å². The Morgan fingerprint density at radius 1 is 1.26 bits per heavy atom. The number of nitrogens with one attached hydrogen (secondary N) is 1. The summed E-state index contributed by atoms with van der Waals surface area (Å²) >= 11 is 3.35. The zero-order valence-corrected chi connectivity index (χ0v) is 17.1. The van der Waals surface area contributed by atoms with Gasteiger partial charge in [-0.15, -0.1) is 16.4 Å². The normalized spacial score (nSPS) is 10.9. The fraction of sp³-hybridized carbons (Fsp3) is 0.389. The van der Waals surface area contributed by atoms with Crippen LogP contribution in [-0.2, 0) is 20.2 Å². The zero-order valence-electron chi connectivity index (χ0n) is 15.4. The number of tetrazole rings is 1. The maximum absolute atomic E-state index is 5.87. The van der Waals surface area contributed by atoms with Gasteiger partial charge in [-0.2, -0.15) is 0 Å². The molecule has 0 atom stereocenters. The first-order valence-corrected chi connectivity index (χ1v) is 10.5. The summed E-state index contributed by atoms with van der Waals surface area (Å²) < 4.78 is 13.0. The topological polar surface area (TPSA) is 74.1 Å². The Balaban J connectivity index is 1.40. The highest BCUT2D eigenvalue weighted by molar-refractivity contribution is 7.99. The van der Waals surface area contributed by atoms with Crippen molar-refractivity contribution < 1.29 is 9.47 Å². The molecule has 0 saturated heterocycles. The van der Waals surface area contributed by atoms with Gasteiger partial charge in [-0.1, -0.05) is 23.9 Å². The molecule has 0 spiro atoms. The predicted octanol–water partition coefficient (Wildman–Crippen LogP) is 3.13. The predicted molar refractivity (Wildman–Crippen MR) is 107 cm³/mol. The van der Waals surface area contributed by atoms with E-state index in [0.717, 1.165) is 41.9 Å². The number of thioether (sulfide) groups is 1. The molecule has 3 aromatic rings. The van der Waals surface area contributed by atoms with E-state index in [-0.39, 0.29) is 0 Å². The van der Waals surface area contributed by atoms with Crippen LogP contribution in [-0.4, -0.2) is 39.6 Å². The van der Waals surface area contributed by atoms with Crippen molar-refractivity contribution >= 4 is 23.1 Å². The van der Waals surface area contributed by atoms with Gasteiger partial charge in [-0.05, 0) is 52.5 Å². The van der Waals surface area contributed by atoms with Gasteiger partial charge in [0.1, 0.15) is 6.61 Å². The van der Waals surface area contributed by atoms with Gasteiger partial charge in [0.25, 0.3) is 0 Å². The summed E-state index contributed by atoms with van der Waals surface area (Å²) in [6, 6.07) is 10.2. The number of thiophene rings is 1. The third kappa shape index (κ3) is 5.95. The van der Waals surface area contributed by atoms with Gasteiger partial charge in [0.2, 0.25) is 5.16 Å². The van der Waals surface area contributed by atoms with Crippen LogP contribution in [0.5, 0.6) is 11.5 Å². The summed E-state index contributed by atoms with van der Waals surface area (Å²) in [4.78, 5) is 1.19. The lowest BCUT2D eigenvalue weighted by molar-refractivity contribution is 0.287. The second-order valence-corrected chi connectivity index (χ2v) is 7.91. The van der Waals surface area contributed by atoms with Gasteiger partial charge >= 0.3 is 0 Å². The smallest absolute Gasteiger partial charge is 0.209 e. The maximum atomic E-state index is 5.87. The van der Waals surface area contributed by atoms with E-state index in [1.807, 2.05) is 30.6 Å². The van der Waals surface area contributed by atoms with Gasteiger partial charge in [0, 0.05) is 24.2 Å². The summed E-state index contributed by atoms with van der Waals surface area (Å²) in [6.45, 7) is 2.28. The fourth-order valence-electron chi connectivity index (χ4n) is 2.42. The highest BCUT2D eigenvalue weighted by Crippen LogP contribution is 2.29. The van der Waals surface area contributed by atoms with Crippen molar-refractivity contribution in [2.24, 2.45) is 7.05 Å². The first kappa shape index (κ1) is 19.7. The largest absolute Gasteiger partial charge is 0.493 e. The summed E-state index contributed by atoms with van der Waals surface area (Å²) in [5.74, 6) is 2.50. The lowest BCUT2D eigenvalue weighted by atomic mass is 10.2. The number of benzene rings is 1. The first-order valence-electron chi connectivity index (χ1n) is 8.64. The Labute approximate surface area is 167 Å². The number of rotatable bonds is 11. The Kier molecular flexibility index (Phi) is 7.49. The van der Waals surface area contributed by atoms with E-state index in [2.05, 4.69) is 33.0 Å². The van der Waals surface area contributed by atoms with Gasteiger partial charge in [-0.3, -0.25) is 0 Å². The van der Waals surface area contributed by atoms with Crippen molar-refractivity contribution in [3.63, 3.8) is 0 Å². The van der Waals surface area contributed by atoms with E-state index in [0.29, 0.717) is 6.61 Å². The molecule has 2 heterocycles. The number of hydrogen-bond donors (Lipinski definition) is 1. The number of aryl methyl sites for hydroxylation is 1.